The summed E-state index contributed by atoms with van der Waals surface area (Å²) in [6.45, 7) is 0. The number of carbonyl (C=O) groups is 3. The van der Waals surface area contributed by atoms with E-state index in [1.807, 2.05) is 12.1 Å². The molecule has 1 N–H and O–H groups in total. The van der Waals surface area contributed by atoms with Gasteiger partial charge in [0.25, 0.3) is 0 Å². The number of likely N-dealkylation sites (tertiary alicyclic amines) is 1. The van der Waals surface area contributed by atoms with Crippen molar-refractivity contribution >= 4 is 55.3 Å². The molecule has 2 heterocycles. The Kier molecular flexibility index (Phi) is 4.77. The monoisotopic (exact) mass is 492 g/mol. The van der Waals surface area contributed by atoms with E-state index < -0.39 is 18.2 Å². The maximum Gasteiger partial charge on any atom is 0.340 e. The quantitative estimate of drug-likeness (QED) is 0.655. The standard InChI is InChI=1S/C19H14Br2N2O4/c20-10-5-6-14(13(21)9-10)22-17(25)15-7-8-16(24)23(15)18-11-3-1-2-4-12(11)19(26)27-18/h1-6,9,15,18H,7-8H2,(H,22,25)/t15-,18+/m0/s1. The van der Waals surface area contributed by atoms with Gasteiger partial charge in [0.15, 0.2) is 0 Å². The molecule has 0 radical (unpaired) electrons. The lowest BCUT2D eigenvalue weighted by Crippen LogP contribution is -2.43. The van der Waals surface area contributed by atoms with Gasteiger partial charge in [-0.05, 0) is 46.6 Å². The Hall–Kier alpha value is -2.19. The number of nitrogens with one attached hydrogen (secondary N) is 1. The number of halogens is 2. The zero-order chi connectivity index (χ0) is 19.1. The lowest BCUT2D eigenvalue weighted by molar-refractivity contribution is -0.144. The third-order valence-electron chi connectivity index (χ3n) is 4.67. The topological polar surface area (TPSA) is 75.7 Å². The van der Waals surface area contributed by atoms with Gasteiger partial charge in [0.05, 0.1) is 11.3 Å². The molecule has 2 amide bonds. The van der Waals surface area contributed by atoms with Crippen LogP contribution in [0.4, 0.5) is 5.69 Å². The molecule has 0 saturated carbocycles. The van der Waals surface area contributed by atoms with Gasteiger partial charge in [-0.1, -0.05) is 34.1 Å². The Morgan fingerprint density at radius 2 is 1.93 bits per heavy atom. The number of hydrogen-bond acceptors (Lipinski definition) is 4. The fraction of sp³-hybridized carbons (Fsp3) is 0.211. The Labute approximate surface area is 172 Å². The van der Waals surface area contributed by atoms with E-state index in [1.54, 1.807) is 30.3 Å². The van der Waals surface area contributed by atoms with Gasteiger partial charge in [0.1, 0.15) is 6.04 Å². The number of fused-ring (bicyclic) bond motifs is 1. The third kappa shape index (κ3) is 3.27. The predicted octanol–water partition coefficient (Wildman–Crippen LogP) is 4.01. The third-order valence-corrected chi connectivity index (χ3v) is 5.81. The summed E-state index contributed by atoms with van der Waals surface area (Å²) in [5.41, 5.74) is 1.64. The predicted molar refractivity (Wildman–Crippen MR) is 105 cm³/mol. The van der Waals surface area contributed by atoms with E-state index in [2.05, 4.69) is 37.2 Å². The lowest BCUT2D eigenvalue weighted by Gasteiger charge is -2.29. The second-order valence-electron chi connectivity index (χ2n) is 6.31. The molecule has 8 heteroatoms. The van der Waals surface area contributed by atoms with Gasteiger partial charge < -0.3 is 10.1 Å². The second-order valence-corrected chi connectivity index (χ2v) is 8.08. The van der Waals surface area contributed by atoms with Crippen LogP contribution in [0.5, 0.6) is 0 Å². The molecule has 0 aliphatic carbocycles. The van der Waals surface area contributed by atoms with E-state index in [0.29, 0.717) is 23.2 Å². The van der Waals surface area contributed by atoms with Gasteiger partial charge >= 0.3 is 5.97 Å². The highest BCUT2D eigenvalue weighted by Gasteiger charge is 2.46. The Morgan fingerprint density at radius 3 is 2.70 bits per heavy atom. The van der Waals surface area contributed by atoms with Crippen LogP contribution in [0.2, 0.25) is 0 Å². The van der Waals surface area contributed by atoms with Crippen molar-refractivity contribution in [2.45, 2.75) is 25.1 Å². The number of anilines is 1. The zero-order valence-electron chi connectivity index (χ0n) is 13.9. The molecule has 2 aromatic rings. The van der Waals surface area contributed by atoms with Crippen molar-refractivity contribution in [2.24, 2.45) is 0 Å². The van der Waals surface area contributed by atoms with E-state index in [1.165, 1.54) is 4.90 Å². The number of nitrogens with zero attached hydrogens (tertiary/aromatic N) is 1. The molecule has 27 heavy (non-hydrogen) atoms. The highest BCUT2D eigenvalue weighted by molar-refractivity contribution is 9.11. The molecule has 0 spiro atoms. The summed E-state index contributed by atoms with van der Waals surface area (Å²) in [6, 6.07) is 11.6. The van der Waals surface area contributed by atoms with Crippen molar-refractivity contribution in [3.63, 3.8) is 0 Å². The van der Waals surface area contributed by atoms with Crippen LogP contribution >= 0.6 is 31.9 Å². The van der Waals surface area contributed by atoms with Crippen molar-refractivity contribution in [1.82, 2.24) is 4.90 Å². The Bertz CT molecular complexity index is 962. The molecule has 0 aromatic heterocycles. The first-order chi connectivity index (χ1) is 13.0. The second kappa shape index (κ2) is 7.09. The fourth-order valence-corrected chi connectivity index (χ4v) is 4.54. The van der Waals surface area contributed by atoms with E-state index in [0.717, 1.165) is 8.95 Å². The van der Waals surface area contributed by atoms with Gasteiger partial charge in [-0.25, -0.2) is 4.79 Å². The summed E-state index contributed by atoms with van der Waals surface area (Å²) in [6.07, 6.45) is -0.266. The molecule has 0 bridgehead atoms. The minimum Gasteiger partial charge on any atom is -0.433 e. The number of ether oxygens (including phenoxy) is 1. The van der Waals surface area contributed by atoms with Gasteiger partial charge in [0, 0.05) is 20.9 Å². The molecule has 2 aliphatic heterocycles. The molecule has 1 saturated heterocycles. The Morgan fingerprint density at radius 1 is 1.15 bits per heavy atom. The summed E-state index contributed by atoms with van der Waals surface area (Å²) in [5.74, 6) is -1.01. The molecule has 1 fully saturated rings. The first-order valence-electron chi connectivity index (χ1n) is 8.32. The minimum absolute atomic E-state index is 0.209. The fourth-order valence-electron chi connectivity index (χ4n) is 3.39. The number of amides is 2. The molecule has 2 aliphatic rings. The molecular formula is C19H14Br2N2O4. The summed E-state index contributed by atoms with van der Waals surface area (Å²) in [5, 5.41) is 2.85. The maximum atomic E-state index is 12.9. The smallest absolute Gasteiger partial charge is 0.340 e. The van der Waals surface area contributed by atoms with E-state index in [9.17, 15) is 14.4 Å². The largest absolute Gasteiger partial charge is 0.433 e. The van der Waals surface area contributed by atoms with Gasteiger partial charge in [-0.15, -0.1) is 0 Å². The number of rotatable bonds is 3. The Balaban J connectivity index is 1.60. The molecule has 2 atom stereocenters. The van der Waals surface area contributed by atoms with Crippen LogP contribution in [-0.2, 0) is 14.3 Å². The normalized spacial score (nSPS) is 21.2. The SMILES string of the molecule is O=C1O[C@@H](N2C(=O)CC[C@H]2C(=O)Nc2ccc(Br)cc2Br)c2ccccc21. The van der Waals surface area contributed by atoms with Crippen molar-refractivity contribution < 1.29 is 19.1 Å². The summed E-state index contributed by atoms with van der Waals surface area (Å²) < 4.78 is 7.02. The average Bonchev–Trinajstić information content (AvgIpc) is 3.18. The van der Waals surface area contributed by atoms with Crippen molar-refractivity contribution in [3.8, 4) is 0 Å². The van der Waals surface area contributed by atoms with Gasteiger partial charge in [-0.2, -0.15) is 0 Å². The van der Waals surface area contributed by atoms with Crippen LogP contribution in [0.25, 0.3) is 0 Å². The first-order valence-corrected chi connectivity index (χ1v) is 9.91. The summed E-state index contributed by atoms with van der Waals surface area (Å²) in [4.78, 5) is 38.9. The van der Waals surface area contributed by atoms with Crippen LogP contribution in [0.15, 0.2) is 51.4 Å². The van der Waals surface area contributed by atoms with Crippen molar-refractivity contribution in [3.05, 3.63) is 62.5 Å². The van der Waals surface area contributed by atoms with Crippen LogP contribution < -0.4 is 5.32 Å². The summed E-state index contributed by atoms with van der Waals surface area (Å²) in [7, 11) is 0. The maximum absolute atomic E-state index is 12.9. The molecule has 2 aromatic carbocycles. The number of carbonyl (C=O) groups excluding carboxylic acids is 3. The first kappa shape index (κ1) is 18.2. The van der Waals surface area contributed by atoms with Crippen LogP contribution in [0, 0.1) is 0 Å². The molecule has 4 rings (SSSR count). The van der Waals surface area contributed by atoms with Crippen molar-refractivity contribution in [2.75, 3.05) is 5.32 Å². The highest BCUT2D eigenvalue weighted by Crippen LogP contribution is 2.38. The van der Waals surface area contributed by atoms with Crippen LogP contribution in [0.3, 0.4) is 0 Å². The van der Waals surface area contributed by atoms with E-state index >= 15 is 0 Å². The lowest BCUT2D eigenvalue weighted by atomic mass is 10.1. The van der Waals surface area contributed by atoms with Crippen molar-refractivity contribution in [1.29, 1.82) is 0 Å². The van der Waals surface area contributed by atoms with Gasteiger partial charge in [0.2, 0.25) is 18.0 Å². The number of esters is 1. The van der Waals surface area contributed by atoms with Gasteiger partial charge in [-0.3, -0.25) is 14.5 Å². The number of cyclic esters (lactones) is 1. The molecule has 6 nitrogen and oxygen atoms in total. The molecule has 0 unspecified atom stereocenters. The highest BCUT2D eigenvalue weighted by atomic mass is 79.9. The molecule has 138 valence electrons. The minimum atomic E-state index is -0.868. The molecular weight excluding hydrogens is 480 g/mol. The number of hydrogen-bond donors (Lipinski definition) is 1. The zero-order valence-corrected chi connectivity index (χ0v) is 17.1. The van der Waals surface area contributed by atoms with E-state index in [4.69, 9.17) is 4.74 Å². The van der Waals surface area contributed by atoms with E-state index in [-0.39, 0.29) is 18.2 Å². The number of benzene rings is 2. The van der Waals surface area contributed by atoms with Crippen LogP contribution in [0.1, 0.15) is 35.0 Å². The van der Waals surface area contributed by atoms with Crippen LogP contribution in [-0.4, -0.2) is 28.7 Å². The summed E-state index contributed by atoms with van der Waals surface area (Å²) >= 11 is 6.78. The average molecular weight is 494 g/mol.